The maximum absolute atomic E-state index is 11.3. The molecule has 0 bridgehead atoms. The Balaban J connectivity index is 1.47. The summed E-state index contributed by atoms with van der Waals surface area (Å²) in [5.74, 6) is 0.398. The number of carboxylic acid groups (broad SMARTS) is 1. The van der Waals surface area contributed by atoms with Crippen molar-refractivity contribution >= 4 is 22.6 Å². The Labute approximate surface area is 203 Å². The summed E-state index contributed by atoms with van der Waals surface area (Å²) in [5, 5.41) is 21.9. The second kappa shape index (κ2) is 9.65. The van der Waals surface area contributed by atoms with Gasteiger partial charge in [-0.15, -0.1) is 5.10 Å². The van der Waals surface area contributed by atoms with E-state index >= 15 is 0 Å². The van der Waals surface area contributed by atoms with Gasteiger partial charge in [0, 0.05) is 24.0 Å². The number of rotatable bonds is 7. The SMILES string of the molecule is Cc1nc(-c2nnn(C)c2CNc2nc(C(C)(C)C)ns2)ccc1OC1CCCC(C(=O)O)C1. The average Bonchev–Trinajstić information content (AvgIpc) is 3.40. The van der Waals surface area contributed by atoms with Gasteiger partial charge < -0.3 is 15.2 Å². The molecule has 2 atom stereocenters. The number of aromatic nitrogens is 6. The van der Waals surface area contributed by atoms with E-state index in [1.165, 1.54) is 11.5 Å². The van der Waals surface area contributed by atoms with Crippen molar-refractivity contribution in [1.29, 1.82) is 0 Å². The van der Waals surface area contributed by atoms with E-state index in [0.717, 1.165) is 35.2 Å². The van der Waals surface area contributed by atoms with Crippen molar-refractivity contribution in [3.8, 4) is 17.1 Å². The molecule has 182 valence electrons. The van der Waals surface area contributed by atoms with Gasteiger partial charge in [-0.25, -0.2) is 14.6 Å². The number of hydrogen-bond acceptors (Lipinski definition) is 9. The van der Waals surface area contributed by atoms with E-state index in [2.05, 4.69) is 45.8 Å². The Morgan fingerprint density at radius 1 is 1.29 bits per heavy atom. The minimum Gasteiger partial charge on any atom is -0.489 e. The van der Waals surface area contributed by atoms with Crippen molar-refractivity contribution in [3.05, 3.63) is 29.3 Å². The van der Waals surface area contributed by atoms with Crippen molar-refractivity contribution < 1.29 is 14.6 Å². The van der Waals surface area contributed by atoms with Crippen LogP contribution in [0.15, 0.2) is 12.1 Å². The molecule has 2 N–H and O–H groups in total. The van der Waals surface area contributed by atoms with Gasteiger partial charge in [-0.05, 0) is 44.7 Å². The molecule has 34 heavy (non-hydrogen) atoms. The number of aryl methyl sites for hydroxylation is 2. The van der Waals surface area contributed by atoms with Crippen LogP contribution in [0.3, 0.4) is 0 Å². The van der Waals surface area contributed by atoms with Crippen LogP contribution in [-0.2, 0) is 23.8 Å². The van der Waals surface area contributed by atoms with Gasteiger partial charge in [0.05, 0.1) is 35.6 Å². The standard InChI is InChI=1S/C23H31N7O3S/c1-13-18(33-15-8-6-7-14(11-15)20(31)32)10-9-16(25-13)19-17(30(5)29-27-19)12-24-22-26-21(28-34-22)23(2,3)4/h9-10,14-15H,6-8,11-12H2,1-5H3,(H,31,32)(H,24,26,28). The Kier molecular flexibility index (Phi) is 6.83. The molecule has 0 radical (unpaired) electrons. The molecule has 3 aromatic rings. The molecular formula is C23H31N7O3S. The lowest BCUT2D eigenvalue weighted by molar-refractivity contribution is -0.143. The van der Waals surface area contributed by atoms with Gasteiger partial charge in [-0.1, -0.05) is 26.0 Å². The van der Waals surface area contributed by atoms with Gasteiger partial charge >= 0.3 is 5.97 Å². The Hall–Kier alpha value is -3.08. The second-order valence-electron chi connectivity index (χ2n) is 9.76. The van der Waals surface area contributed by atoms with Gasteiger partial charge in [-0.2, -0.15) is 4.37 Å². The van der Waals surface area contributed by atoms with Gasteiger partial charge in [-0.3, -0.25) is 4.79 Å². The van der Waals surface area contributed by atoms with Crippen LogP contribution in [0, 0.1) is 12.8 Å². The fraction of sp³-hybridized carbons (Fsp3) is 0.565. The van der Waals surface area contributed by atoms with Gasteiger partial charge in [0.1, 0.15) is 17.3 Å². The summed E-state index contributed by atoms with van der Waals surface area (Å²) in [7, 11) is 1.85. The highest BCUT2D eigenvalue weighted by Gasteiger charge is 2.28. The van der Waals surface area contributed by atoms with Crippen LogP contribution in [0.25, 0.3) is 11.4 Å². The van der Waals surface area contributed by atoms with Gasteiger partial charge in [0.25, 0.3) is 0 Å². The minimum atomic E-state index is -0.745. The molecule has 1 aliphatic carbocycles. The lowest BCUT2D eigenvalue weighted by Crippen LogP contribution is -2.29. The van der Waals surface area contributed by atoms with Crippen molar-refractivity contribution in [2.24, 2.45) is 13.0 Å². The highest BCUT2D eigenvalue weighted by Crippen LogP contribution is 2.31. The first kappa shape index (κ1) is 24.1. The largest absolute Gasteiger partial charge is 0.489 e. The summed E-state index contributed by atoms with van der Waals surface area (Å²) in [6.07, 6.45) is 2.84. The van der Waals surface area contributed by atoms with E-state index in [1.54, 1.807) is 4.68 Å². The maximum atomic E-state index is 11.3. The molecule has 11 heteroatoms. The highest BCUT2D eigenvalue weighted by atomic mass is 32.1. The number of carboxylic acids is 1. The number of hydrogen-bond donors (Lipinski definition) is 2. The molecule has 1 aliphatic rings. The Morgan fingerprint density at radius 3 is 2.76 bits per heavy atom. The molecule has 10 nitrogen and oxygen atoms in total. The maximum Gasteiger partial charge on any atom is 0.306 e. The quantitative estimate of drug-likeness (QED) is 0.511. The van der Waals surface area contributed by atoms with E-state index in [0.29, 0.717) is 36.5 Å². The van der Waals surface area contributed by atoms with E-state index < -0.39 is 5.97 Å². The first-order valence-electron chi connectivity index (χ1n) is 11.5. The number of aliphatic carboxylic acids is 1. The number of pyridine rings is 1. The molecule has 3 aromatic heterocycles. The number of nitrogens with zero attached hydrogens (tertiary/aromatic N) is 6. The summed E-state index contributed by atoms with van der Waals surface area (Å²) >= 11 is 1.34. The molecule has 2 unspecified atom stereocenters. The van der Waals surface area contributed by atoms with Crippen LogP contribution in [-0.4, -0.2) is 46.5 Å². The summed E-state index contributed by atoms with van der Waals surface area (Å²) in [6.45, 7) is 8.63. The summed E-state index contributed by atoms with van der Waals surface area (Å²) in [4.78, 5) is 20.7. The van der Waals surface area contributed by atoms with Crippen molar-refractivity contribution in [2.45, 2.75) is 71.4 Å². The molecule has 3 heterocycles. The van der Waals surface area contributed by atoms with Crippen molar-refractivity contribution in [1.82, 2.24) is 29.3 Å². The second-order valence-corrected chi connectivity index (χ2v) is 10.5. The first-order chi connectivity index (χ1) is 16.1. The number of anilines is 1. The molecule has 0 aromatic carbocycles. The van der Waals surface area contributed by atoms with E-state index in [4.69, 9.17) is 9.72 Å². The molecule has 0 saturated heterocycles. The van der Waals surface area contributed by atoms with Crippen molar-refractivity contribution in [2.75, 3.05) is 5.32 Å². The fourth-order valence-corrected chi connectivity index (χ4v) is 4.75. The lowest BCUT2D eigenvalue weighted by Gasteiger charge is -2.27. The van der Waals surface area contributed by atoms with E-state index in [-0.39, 0.29) is 17.4 Å². The zero-order valence-electron chi connectivity index (χ0n) is 20.2. The number of carbonyl (C=O) groups is 1. The van der Waals surface area contributed by atoms with Crippen molar-refractivity contribution in [3.63, 3.8) is 0 Å². The summed E-state index contributed by atoms with van der Waals surface area (Å²) in [5.41, 5.74) is 2.90. The molecule has 4 rings (SSSR count). The summed E-state index contributed by atoms with van der Waals surface area (Å²) in [6, 6.07) is 3.75. The molecule has 1 saturated carbocycles. The highest BCUT2D eigenvalue weighted by molar-refractivity contribution is 7.09. The van der Waals surface area contributed by atoms with Crippen LogP contribution in [0.1, 0.15) is 63.7 Å². The van der Waals surface area contributed by atoms with Crippen LogP contribution in [0.2, 0.25) is 0 Å². The van der Waals surface area contributed by atoms with Crippen LogP contribution in [0.5, 0.6) is 5.75 Å². The molecule has 0 spiro atoms. The normalized spacial score (nSPS) is 18.6. The predicted molar refractivity (Wildman–Crippen MR) is 129 cm³/mol. The third-order valence-corrected chi connectivity index (χ3v) is 6.67. The topological polar surface area (TPSA) is 128 Å². The molecular weight excluding hydrogens is 454 g/mol. The molecule has 1 fully saturated rings. The van der Waals surface area contributed by atoms with Crippen LogP contribution >= 0.6 is 11.5 Å². The fourth-order valence-electron chi connectivity index (χ4n) is 3.99. The van der Waals surface area contributed by atoms with E-state index in [9.17, 15) is 9.90 Å². The monoisotopic (exact) mass is 485 g/mol. The van der Waals surface area contributed by atoms with Crippen LogP contribution < -0.4 is 10.1 Å². The zero-order chi connectivity index (χ0) is 24.5. The first-order valence-corrected chi connectivity index (χ1v) is 12.2. The zero-order valence-corrected chi connectivity index (χ0v) is 21.0. The average molecular weight is 486 g/mol. The van der Waals surface area contributed by atoms with E-state index in [1.807, 2.05) is 26.1 Å². The predicted octanol–water partition coefficient (Wildman–Crippen LogP) is 3.97. The minimum absolute atomic E-state index is 0.104. The summed E-state index contributed by atoms with van der Waals surface area (Å²) < 4.78 is 12.3. The number of ether oxygens (including phenoxy) is 1. The smallest absolute Gasteiger partial charge is 0.306 e. The molecule has 0 aliphatic heterocycles. The molecule has 0 amide bonds. The van der Waals surface area contributed by atoms with Gasteiger partial charge in [0.2, 0.25) is 5.13 Å². The third kappa shape index (κ3) is 5.35. The Morgan fingerprint density at radius 2 is 2.09 bits per heavy atom. The third-order valence-electron chi connectivity index (χ3n) is 6.00. The van der Waals surface area contributed by atoms with Crippen LogP contribution in [0.4, 0.5) is 5.13 Å². The number of nitrogens with one attached hydrogen (secondary N) is 1. The Bertz CT molecular complexity index is 1170. The van der Waals surface area contributed by atoms with Gasteiger partial charge in [0.15, 0.2) is 0 Å². The lowest BCUT2D eigenvalue weighted by atomic mass is 9.87.